The number of aliphatic carboxylic acids is 1. The van der Waals surface area contributed by atoms with Crippen LogP contribution in [0.4, 0.5) is 0 Å². The molecule has 0 aliphatic rings. The Morgan fingerprint density at radius 1 is 1.37 bits per heavy atom. The van der Waals surface area contributed by atoms with Crippen LogP contribution >= 0.6 is 0 Å². The molecule has 0 radical (unpaired) electrons. The maximum absolute atomic E-state index is 10.5. The molecule has 0 bridgehead atoms. The number of carbonyl (C=O) groups is 1. The highest BCUT2D eigenvalue weighted by Crippen LogP contribution is 2.12. The van der Waals surface area contributed by atoms with Crippen LogP contribution in [0.5, 0.6) is 5.75 Å². The number of rotatable bonds is 9. The van der Waals surface area contributed by atoms with Crippen molar-refractivity contribution in [2.45, 2.75) is 26.7 Å². The summed E-state index contributed by atoms with van der Waals surface area (Å²) in [5.41, 5.74) is 1.19. The summed E-state index contributed by atoms with van der Waals surface area (Å²) in [5, 5.41) is 8.65. The van der Waals surface area contributed by atoms with E-state index in [4.69, 9.17) is 9.84 Å². The largest absolute Gasteiger partial charge is 0.494 e. The third kappa shape index (κ3) is 6.82. The molecule has 0 fully saturated rings. The summed E-state index contributed by atoms with van der Waals surface area (Å²) in [7, 11) is 0. The van der Waals surface area contributed by atoms with Crippen LogP contribution in [-0.4, -0.2) is 42.2 Å². The molecule has 0 spiro atoms. The zero-order valence-corrected chi connectivity index (χ0v) is 11.8. The van der Waals surface area contributed by atoms with Crippen LogP contribution in [0.3, 0.4) is 0 Å². The first kappa shape index (κ1) is 15.5. The lowest BCUT2D eigenvalue weighted by Gasteiger charge is -2.19. The second kappa shape index (κ2) is 8.53. The van der Waals surface area contributed by atoms with Gasteiger partial charge >= 0.3 is 5.97 Å². The number of ether oxygens (including phenoxy) is 1. The molecule has 1 aromatic carbocycles. The normalized spacial score (nSPS) is 10.7. The van der Waals surface area contributed by atoms with Gasteiger partial charge in [0.05, 0.1) is 13.0 Å². The van der Waals surface area contributed by atoms with E-state index in [-0.39, 0.29) is 6.42 Å². The van der Waals surface area contributed by atoms with E-state index in [1.54, 1.807) is 0 Å². The molecule has 0 atom stereocenters. The Morgan fingerprint density at radius 3 is 2.79 bits per heavy atom. The molecule has 0 aromatic heterocycles. The number of hydrogen-bond donors (Lipinski definition) is 1. The molecule has 0 unspecified atom stereocenters. The van der Waals surface area contributed by atoms with Crippen molar-refractivity contribution in [2.75, 3.05) is 26.2 Å². The Hall–Kier alpha value is -1.55. The highest BCUT2D eigenvalue weighted by atomic mass is 16.5. The van der Waals surface area contributed by atoms with E-state index in [1.165, 1.54) is 5.56 Å². The number of aryl methyl sites for hydroxylation is 1. The molecule has 1 rings (SSSR count). The monoisotopic (exact) mass is 265 g/mol. The van der Waals surface area contributed by atoms with Crippen LogP contribution in [0.2, 0.25) is 0 Å². The minimum Gasteiger partial charge on any atom is -0.494 e. The van der Waals surface area contributed by atoms with E-state index in [9.17, 15) is 4.79 Å². The highest BCUT2D eigenvalue weighted by molar-refractivity contribution is 5.66. The van der Waals surface area contributed by atoms with Crippen LogP contribution in [0.25, 0.3) is 0 Å². The van der Waals surface area contributed by atoms with Crippen molar-refractivity contribution in [3.05, 3.63) is 29.8 Å². The number of nitrogens with zero attached hydrogens (tertiary/aromatic N) is 1. The number of carboxylic acid groups (broad SMARTS) is 1. The van der Waals surface area contributed by atoms with Crippen molar-refractivity contribution < 1.29 is 14.6 Å². The standard InChI is InChI=1S/C15H23NO3/c1-3-16(10-8-15(17)18)9-5-11-19-14-7-4-6-13(2)12-14/h4,6-7,12H,3,5,8-11H2,1-2H3,(H,17,18). The maximum Gasteiger partial charge on any atom is 0.304 e. The Balaban J connectivity index is 2.20. The first-order valence-corrected chi connectivity index (χ1v) is 6.75. The quantitative estimate of drug-likeness (QED) is 0.697. The van der Waals surface area contributed by atoms with Gasteiger partial charge in [-0.05, 0) is 37.6 Å². The fourth-order valence-corrected chi connectivity index (χ4v) is 1.87. The molecule has 1 N–H and O–H groups in total. The number of carboxylic acids is 1. The van der Waals surface area contributed by atoms with Gasteiger partial charge in [-0.3, -0.25) is 4.79 Å². The lowest BCUT2D eigenvalue weighted by atomic mass is 10.2. The number of benzene rings is 1. The smallest absolute Gasteiger partial charge is 0.304 e. The maximum atomic E-state index is 10.5. The van der Waals surface area contributed by atoms with Crippen molar-refractivity contribution in [3.8, 4) is 5.75 Å². The molecular weight excluding hydrogens is 242 g/mol. The Morgan fingerprint density at radius 2 is 2.16 bits per heavy atom. The molecule has 0 aliphatic heterocycles. The van der Waals surface area contributed by atoms with Gasteiger partial charge in [-0.2, -0.15) is 0 Å². The van der Waals surface area contributed by atoms with Gasteiger partial charge in [0.15, 0.2) is 0 Å². The molecule has 0 saturated heterocycles. The summed E-state index contributed by atoms with van der Waals surface area (Å²) in [4.78, 5) is 12.6. The summed E-state index contributed by atoms with van der Waals surface area (Å²) in [6.07, 6.45) is 1.11. The SMILES string of the molecule is CCN(CCCOc1cccc(C)c1)CCC(=O)O. The van der Waals surface area contributed by atoms with Gasteiger partial charge in [0, 0.05) is 13.1 Å². The predicted molar refractivity (Wildman–Crippen MR) is 75.7 cm³/mol. The molecule has 0 heterocycles. The van der Waals surface area contributed by atoms with E-state index in [0.717, 1.165) is 25.3 Å². The molecule has 0 aliphatic carbocycles. The molecule has 4 nitrogen and oxygen atoms in total. The van der Waals surface area contributed by atoms with E-state index in [2.05, 4.69) is 4.90 Å². The van der Waals surface area contributed by atoms with Gasteiger partial charge in [0.2, 0.25) is 0 Å². The predicted octanol–water partition coefficient (Wildman–Crippen LogP) is 2.56. The van der Waals surface area contributed by atoms with Crippen molar-refractivity contribution >= 4 is 5.97 Å². The summed E-state index contributed by atoms with van der Waals surface area (Å²) >= 11 is 0. The molecule has 19 heavy (non-hydrogen) atoms. The fraction of sp³-hybridized carbons (Fsp3) is 0.533. The van der Waals surface area contributed by atoms with E-state index in [1.807, 2.05) is 38.1 Å². The van der Waals surface area contributed by atoms with Gasteiger partial charge < -0.3 is 14.7 Å². The molecular formula is C15H23NO3. The summed E-state index contributed by atoms with van der Waals surface area (Å²) in [6.45, 7) is 7.09. The van der Waals surface area contributed by atoms with Gasteiger partial charge in [-0.15, -0.1) is 0 Å². The molecule has 4 heteroatoms. The Labute approximate surface area is 115 Å². The van der Waals surface area contributed by atoms with Crippen LogP contribution in [0.15, 0.2) is 24.3 Å². The minimum absolute atomic E-state index is 0.201. The van der Waals surface area contributed by atoms with Crippen LogP contribution in [-0.2, 0) is 4.79 Å². The molecule has 0 amide bonds. The molecule has 106 valence electrons. The zero-order chi connectivity index (χ0) is 14.1. The summed E-state index contributed by atoms with van der Waals surface area (Å²) < 4.78 is 5.66. The lowest BCUT2D eigenvalue weighted by molar-refractivity contribution is -0.137. The van der Waals surface area contributed by atoms with Crippen LogP contribution in [0, 0.1) is 6.92 Å². The van der Waals surface area contributed by atoms with Gasteiger partial charge in [-0.25, -0.2) is 0 Å². The zero-order valence-electron chi connectivity index (χ0n) is 11.8. The van der Waals surface area contributed by atoms with Crippen molar-refractivity contribution in [2.24, 2.45) is 0 Å². The molecule has 0 saturated carbocycles. The first-order chi connectivity index (χ1) is 9.11. The van der Waals surface area contributed by atoms with Crippen LogP contribution < -0.4 is 4.74 Å². The average Bonchev–Trinajstić information content (AvgIpc) is 2.38. The van der Waals surface area contributed by atoms with Crippen LogP contribution in [0.1, 0.15) is 25.3 Å². The van der Waals surface area contributed by atoms with E-state index in [0.29, 0.717) is 13.2 Å². The first-order valence-electron chi connectivity index (χ1n) is 6.75. The van der Waals surface area contributed by atoms with Gasteiger partial charge in [-0.1, -0.05) is 19.1 Å². The van der Waals surface area contributed by atoms with E-state index >= 15 is 0 Å². The Bertz CT molecular complexity index is 393. The lowest BCUT2D eigenvalue weighted by Crippen LogP contribution is -2.28. The average molecular weight is 265 g/mol. The third-order valence-electron chi connectivity index (χ3n) is 2.97. The molecule has 1 aromatic rings. The second-order valence-electron chi connectivity index (χ2n) is 4.60. The van der Waals surface area contributed by atoms with Gasteiger partial charge in [0.25, 0.3) is 0 Å². The van der Waals surface area contributed by atoms with E-state index < -0.39 is 5.97 Å². The van der Waals surface area contributed by atoms with Crippen molar-refractivity contribution in [3.63, 3.8) is 0 Å². The topological polar surface area (TPSA) is 49.8 Å². The summed E-state index contributed by atoms with van der Waals surface area (Å²) in [5.74, 6) is 0.156. The Kier molecular flexibility index (Phi) is 6.97. The number of hydrogen-bond acceptors (Lipinski definition) is 3. The fourth-order valence-electron chi connectivity index (χ4n) is 1.87. The third-order valence-corrected chi connectivity index (χ3v) is 2.97. The van der Waals surface area contributed by atoms with Gasteiger partial charge in [0.1, 0.15) is 5.75 Å². The van der Waals surface area contributed by atoms with Crippen molar-refractivity contribution in [1.29, 1.82) is 0 Å². The highest BCUT2D eigenvalue weighted by Gasteiger charge is 2.05. The second-order valence-corrected chi connectivity index (χ2v) is 4.60. The summed E-state index contributed by atoms with van der Waals surface area (Å²) in [6, 6.07) is 7.99. The minimum atomic E-state index is -0.741. The van der Waals surface area contributed by atoms with Crippen molar-refractivity contribution in [1.82, 2.24) is 4.90 Å².